The summed E-state index contributed by atoms with van der Waals surface area (Å²) in [6, 6.07) is 8.68. The van der Waals surface area contributed by atoms with Gasteiger partial charge in [-0.15, -0.1) is 0 Å². The van der Waals surface area contributed by atoms with Crippen molar-refractivity contribution in [2.75, 3.05) is 13.1 Å². The highest BCUT2D eigenvalue weighted by Gasteiger charge is 2.59. The van der Waals surface area contributed by atoms with Crippen LogP contribution < -0.4 is 5.48 Å². The molecule has 1 N–H and O–H groups in total. The van der Waals surface area contributed by atoms with Gasteiger partial charge in [0.25, 0.3) is 0 Å². The van der Waals surface area contributed by atoms with E-state index >= 15 is 0 Å². The predicted octanol–water partition coefficient (Wildman–Crippen LogP) is 5.80. The molecule has 2 aliphatic heterocycles. The van der Waals surface area contributed by atoms with Gasteiger partial charge in [0.15, 0.2) is 5.82 Å². The third-order valence-corrected chi connectivity index (χ3v) is 6.28. The van der Waals surface area contributed by atoms with Gasteiger partial charge in [0, 0.05) is 31.0 Å². The van der Waals surface area contributed by atoms with Gasteiger partial charge in [-0.05, 0) is 29.3 Å². The highest BCUT2D eigenvalue weighted by Crippen LogP contribution is 2.48. The predicted molar refractivity (Wildman–Crippen MR) is 112 cm³/mol. The van der Waals surface area contributed by atoms with Gasteiger partial charge in [0.1, 0.15) is 0 Å². The third kappa shape index (κ3) is 3.84. The van der Waals surface area contributed by atoms with Gasteiger partial charge in [-0.3, -0.25) is 15.1 Å². The molecule has 170 valence electrons. The van der Waals surface area contributed by atoms with Crippen LogP contribution in [0, 0.1) is 5.82 Å². The minimum Gasteiger partial charge on any atom is -0.341 e. The number of amides is 1. The standard InChI is InChI=1S/C22H18Cl2F4N2O2/c1-2-19(31)30-10-14(11-30)12-3-5-13(6-4-12)18-9-21(32-29-18,22(26,27)28)15-7-16(23)20(25)17(24)8-15/h3-9,14,29H,2,10-11H2,1H3. The Morgan fingerprint density at radius 3 is 2.31 bits per heavy atom. The van der Waals surface area contributed by atoms with Crippen molar-refractivity contribution < 1.29 is 27.2 Å². The van der Waals surface area contributed by atoms with E-state index in [0.717, 1.165) is 23.8 Å². The highest BCUT2D eigenvalue weighted by atomic mass is 35.5. The SMILES string of the molecule is CCC(=O)N1CC(c2ccc(C3=CC(c4cc(Cl)c(F)c(Cl)c4)(C(F)(F)F)ON3)cc2)C1. The van der Waals surface area contributed by atoms with Crippen LogP contribution in [0.1, 0.15) is 36.0 Å². The van der Waals surface area contributed by atoms with Crippen molar-refractivity contribution in [3.05, 3.63) is 75.0 Å². The molecule has 32 heavy (non-hydrogen) atoms. The Labute approximate surface area is 191 Å². The van der Waals surface area contributed by atoms with Gasteiger partial charge in [0.05, 0.1) is 15.7 Å². The topological polar surface area (TPSA) is 41.6 Å². The van der Waals surface area contributed by atoms with Crippen LogP contribution >= 0.6 is 23.2 Å². The van der Waals surface area contributed by atoms with E-state index in [1.807, 2.05) is 19.1 Å². The summed E-state index contributed by atoms with van der Waals surface area (Å²) in [6.07, 6.45) is -3.54. The van der Waals surface area contributed by atoms with Crippen LogP contribution in [-0.2, 0) is 15.2 Å². The molecule has 10 heteroatoms. The van der Waals surface area contributed by atoms with Gasteiger partial charge >= 0.3 is 6.18 Å². The zero-order valence-electron chi connectivity index (χ0n) is 16.8. The molecule has 1 fully saturated rings. The maximum Gasteiger partial charge on any atom is 0.428 e. The number of alkyl halides is 3. The van der Waals surface area contributed by atoms with Crippen LogP contribution in [-0.4, -0.2) is 30.1 Å². The quantitative estimate of drug-likeness (QED) is 0.436. The van der Waals surface area contributed by atoms with Crippen LogP contribution in [0.25, 0.3) is 5.70 Å². The third-order valence-electron chi connectivity index (χ3n) is 5.73. The summed E-state index contributed by atoms with van der Waals surface area (Å²) in [5.74, 6) is -0.714. The zero-order chi connectivity index (χ0) is 23.3. The first kappa shape index (κ1) is 22.9. The Bertz CT molecular complexity index is 1060. The first-order valence-electron chi connectivity index (χ1n) is 9.82. The van der Waals surface area contributed by atoms with E-state index in [1.165, 1.54) is 0 Å². The molecule has 2 aromatic carbocycles. The molecule has 2 aromatic rings. The van der Waals surface area contributed by atoms with E-state index in [9.17, 15) is 22.4 Å². The molecular weight excluding hydrogens is 471 g/mol. The Balaban J connectivity index is 1.61. The van der Waals surface area contributed by atoms with Gasteiger partial charge in [0.2, 0.25) is 11.5 Å². The summed E-state index contributed by atoms with van der Waals surface area (Å²) in [4.78, 5) is 18.5. The Morgan fingerprint density at radius 1 is 1.19 bits per heavy atom. The molecular formula is C22H18Cl2F4N2O2. The van der Waals surface area contributed by atoms with E-state index in [-0.39, 0.29) is 17.5 Å². The van der Waals surface area contributed by atoms with Crippen LogP contribution in [0.3, 0.4) is 0 Å². The lowest BCUT2D eigenvalue weighted by molar-refractivity contribution is -0.269. The van der Waals surface area contributed by atoms with Crippen LogP contribution in [0.2, 0.25) is 10.0 Å². The number of carbonyl (C=O) groups is 1. The molecule has 1 amide bonds. The molecule has 0 saturated carbocycles. The molecule has 1 saturated heterocycles. The number of hydroxylamine groups is 1. The van der Waals surface area contributed by atoms with Gasteiger partial charge in [-0.2, -0.15) is 13.2 Å². The smallest absolute Gasteiger partial charge is 0.341 e. The number of rotatable bonds is 4. The second-order valence-corrected chi connectivity index (χ2v) is 8.54. The van der Waals surface area contributed by atoms with Crippen molar-refractivity contribution in [1.82, 2.24) is 10.4 Å². The van der Waals surface area contributed by atoms with Gasteiger partial charge < -0.3 is 4.90 Å². The molecule has 0 radical (unpaired) electrons. The number of benzene rings is 2. The summed E-state index contributed by atoms with van der Waals surface area (Å²) in [6.45, 7) is 3.06. The molecule has 4 nitrogen and oxygen atoms in total. The maximum atomic E-state index is 14.1. The molecule has 0 aliphatic carbocycles. The second-order valence-electron chi connectivity index (χ2n) is 7.72. The summed E-state index contributed by atoms with van der Waals surface area (Å²) in [5, 5.41) is -1.08. The number of halogens is 6. The van der Waals surface area contributed by atoms with Crippen LogP contribution in [0.15, 0.2) is 42.5 Å². The molecule has 0 bridgehead atoms. The fourth-order valence-corrected chi connectivity index (χ4v) is 4.29. The van der Waals surface area contributed by atoms with Gasteiger partial charge in [-0.25, -0.2) is 4.39 Å². The van der Waals surface area contributed by atoms with Crippen molar-refractivity contribution in [2.45, 2.75) is 31.0 Å². The minimum atomic E-state index is -4.88. The Kier molecular flexibility index (Phi) is 5.90. The van der Waals surface area contributed by atoms with E-state index in [0.29, 0.717) is 25.1 Å². The average molecular weight is 489 g/mol. The number of carbonyl (C=O) groups excluding carboxylic acids is 1. The fourth-order valence-electron chi connectivity index (χ4n) is 3.81. The highest BCUT2D eigenvalue weighted by molar-refractivity contribution is 6.35. The summed E-state index contributed by atoms with van der Waals surface area (Å²) in [7, 11) is 0. The number of nitrogens with zero attached hydrogens (tertiary/aromatic N) is 1. The molecule has 0 aromatic heterocycles. The van der Waals surface area contributed by atoms with Crippen molar-refractivity contribution in [3.8, 4) is 0 Å². The number of hydrogen-bond donors (Lipinski definition) is 1. The van der Waals surface area contributed by atoms with Crippen molar-refractivity contribution in [3.63, 3.8) is 0 Å². The second kappa shape index (κ2) is 8.24. The lowest BCUT2D eigenvalue weighted by Gasteiger charge is -2.39. The molecule has 0 spiro atoms. The van der Waals surface area contributed by atoms with Gasteiger partial charge in [-0.1, -0.05) is 54.4 Å². The Morgan fingerprint density at radius 2 is 1.78 bits per heavy atom. The maximum absolute atomic E-state index is 14.1. The van der Waals surface area contributed by atoms with Crippen molar-refractivity contribution in [1.29, 1.82) is 0 Å². The van der Waals surface area contributed by atoms with Crippen molar-refractivity contribution >= 4 is 34.8 Å². The number of hydrogen-bond acceptors (Lipinski definition) is 3. The normalized spacial score (nSPS) is 21.2. The molecule has 1 atom stereocenters. The van der Waals surface area contributed by atoms with E-state index in [1.54, 1.807) is 17.0 Å². The molecule has 4 rings (SSSR count). The minimum absolute atomic E-state index is 0.0971. The average Bonchev–Trinajstić information content (AvgIpc) is 3.18. The van der Waals surface area contributed by atoms with Crippen LogP contribution in [0.5, 0.6) is 0 Å². The Hall–Kier alpha value is -2.29. The lowest BCUT2D eigenvalue weighted by Crippen LogP contribution is -2.48. The largest absolute Gasteiger partial charge is 0.428 e. The summed E-state index contributed by atoms with van der Waals surface area (Å²) in [5.41, 5.74) is 0.561. The van der Waals surface area contributed by atoms with Crippen molar-refractivity contribution in [2.24, 2.45) is 0 Å². The first-order chi connectivity index (χ1) is 15.1. The van der Waals surface area contributed by atoms with Crippen LogP contribution in [0.4, 0.5) is 17.6 Å². The zero-order valence-corrected chi connectivity index (χ0v) is 18.3. The van der Waals surface area contributed by atoms with E-state index in [4.69, 9.17) is 28.0 Å². The monoisotopic (exact) mass is 488 g/mol. The molecule has 2 aliphatic rings. The first-order valence-corrected chi connectivity index (χ1v) is 10.6. The summed E-state index contributed by atoms with van der Waals surface area (Å²) >= 11 is 11.4. The fraction of sp³-hybridized carbons (Fsp3) is 0.318. The van der Waals surface area contributed by atoms with E-state index in [2.05, 4.69) is 5.48 Å². The molecule has 1 unspecified atom stereocenters. The molecule has 2 heterocycles. The lowest BCUT2D eigenvalue weighted by atomic mass is 9.89. The number of likely N-dealkylation sites (tertiary alicyclic amines) is 1. The van der Waals surface area contributed by atoms with E-state index < -0.39 is 33.2 Å². The summed E-state index contributed by atoms with van der Waals surface area (Å²) < 4.78 is 56.0. The number of nitrogens with one attached hydrogen (secondary N) is 1.